The van der Waals surface area contributed by atoms with Gasteiger partial charge >= 0.3 is 6.18 Å². The van der Waals surface area contributed by atoms with E-state index in [1.54, 1.807) is 16.7 Å². The van der Waals surface area contributed by atoms with Crippen molar-refractivity contribution in [2.24, 2.45) is 5.73 Å². The smallest absolute Gasteiger partial charge is 0.417 e. The molecule has 0 aromatic carbocycles. The molecule has 0 spiro atoms. The highest BCUT2D eigenvalue weighted by Crippen LogP contribution is 2.29. The summed E-state index contributed by atoms with van der Waals surface area (Å²) in [4.78, 5) is 17.5. The molecule has 0 saturated carbocycles. The molecule has 134 valence electrons. The highest BCUT2D eigenvalue weighted by atomic mass is 32.2. The van der Waals surface area contributed by atoms with Crippen molar-refractivity contribution in [3.05, 3.63) is 23.9 Å². The van der Waals surface area contributed by atoms with Gasteiger partial charge in [-0.15, -0.1) is 0 Å². The zero-order valence-electron chi connectivity index (χ0n) is 13.3. The van der Waals surface area contributed by atoms with Crippen LogP contribution in [0.2, 0.25) is 0 Å². The fourth-order valence-corrected chi connectivity index (χ4v) is 2.91. The van der Waals surface area contributed by atoms with E-state index >= 15 is 0 Å². The lowest BCUT2D eigenvalue weighted by molar-refractivity contribution is -0.138. The third-order valence-electron chi connectivity index (χ3n) is 3.76. The van der Waals surface area contributed by atoms with Gasteiger partial charge in [0.25, 0.3) is 0 Å². The number of alkyl halides is 3. The SMILES string of the molecule is CSCC[C@H](N)C(=O)N1CC[C@@H](Oc2ccc(C(F)(F)F)cn2)C1. The first kappa shape index (κ1) is 18.9. The zero-order chi connectivity index (χ0) is 17.7. The van der Waals surface area contributed by atoms with E-state index in [-0.39, 0.29) is 17.9 Å². The molecule has 1 amide bonds. The van der Waals surface area contributed by atoms with Crippen LogP contribution in [-0.2, 0) is 11.0 Å². The van der Waals surface area contributed by atoms with Crippen LogP contribution in [0.15, 0.2) is 18.3 Å². The van der Waals surface area contributed by atoms with E-state index in [4.69, 9.17) is 10.5 Å². The molecular weight excluding hydrogens is 343 g/mol. The van der Waals surface area contributed by atoms with Crippen LogP contribution in [0.3, 0.4) is 0 Å². The molecule has 5 nitrogen and oxygen atoms in total. The molecule has 1 aromatic rings. The summed E-state index contributed by atoms with van der Waals surface area (Å²) < 4.78 is 43.0. The highest BCUT2D eigenvalue weighted by Gasteiger charge is 2.32. The Bertz CT molecular complexity index is 554. The van der Waals surface area contributed by atoms with Crippen LogP contribution in [0.1, 0.15) is 18.4 Å². The standard InChI is InChI=1S/C15H20F3N3O2S/c1-24-7-5-12(19)14(22)21-6-4-11(9-21)23-13-3-2-10(8-20-13)15(16,17)18/h2-3,8,11-12H,4-7,9,19H2,1H3/t11-,12+/m1/s1. The number of ether oxygens (including phenoxy) is 1. The molecule has 1 fully saturated rings. The van der Waals surface area contributed by atoms with Gasteiger partial charge in [0.05, 0.1) is 18.2 Å². The molecule has 0 bridgehead atoms. The lowest BCUT2D eigenvalue weighted by Gasteiger charge is -2.20. The number of pyridine rings is 1. The quantitative estimate of drug-likeness (QED) is 0.839. The van der Waals surface area contributed by atoms with Crippen LogP contribution in [0, 0.1) is 0 Å². The Kier molecular flexibility index (Phi) is 6.34. The van der Waals surface area contributed by atoms with Crippen LogP contribution in [-0.4, -0.2) is 53.0 Å². The first-order chi connectivity index (χ1) is 11.3. The van der Waals surface area contributed by atoms with Crippen LogP contribution in [0.25, 0.3) is 0 Å². The maximum absolute atomic E-state index is 12.5. The molecule has 24 heavy (non-hydrogen) atoms. The van der Waals surface area contributed by atoms with Crippen molar-refractivity contribution >= 4 is 17.7 Å². The van der Waals surface area contributed by atoms with Crippen LogP contribution in [0.5, 0.6) is 5.88 Å². The van der Waals surface area contributed by atoms with Gasteiger partial charge < -0.3 is 15.4 Å². The van der Waals surface area contributed by atoms with Gasteiger partial charge in [-0.2, -0.15) is 24.9 Å². The average molecular weight is 363 g/mol. The second kappa shape index (κ2) is 8.06. The summed E-state index contributed by atoms with van der Waals surface area (Å²) >= 11 is 1.63. The number of hydrogen-bond donors (Lipinski definition) is 1. The molecule has 1 aromatic heterocycles. The number of rotatable bonds is 6. The van der Waals surface area contributed by atoms with E-state index in [0.29, 0.717) is 25.9 Å². The lowest BCUT2D eigenvalue weighted by Crippen LogP contribution is -2.43. The Morgan fingerprint density at radius 2 is 2.29 bits per heavy atom. The number of amides is 1. The first-order valence-corrected chi connectivity index (χ1v) is 8.94. The summed E-state index contributed by atoms with van der Waals surface area (Å²) in [5.74, 6) is 0.820. The van der Waals surface area contributed by atoms with Crippen molar-refractivity contribution in [2.75, 3.05) is 25.1 Å². The highest BCUT2D eigenvalue weighted by molar-refractivity contribution is 7.98. The minimum Gasteiger partial charge on any atom is -0.472 e. The Hall–Kier alpha value is -1.48. The van der Waals surface area contributed by atoms with Gasteiger partial charge in [-0.1, -0.05) is 0 Å². The number of nitrogens with zero attached hydrogens (tertiary/aromatic N) is 2. The van der Waals surface area contributed by atoms with Gasteiger partial charge in [-0.3, -0.25) is 4.79 Å². The maximum Gasteiger partial charge on any atom is 0.417 e. The number of thioether (sulfide) groups is 1. The van der Waals surface area contributed by atoms with Crippen LogP contribution in [0.4, 0.5) is 13.2 Å². The monoisotopic (exact) mass is 363 g/mol. The molecule has 1 saturated heterocycles. The van der Waals surface area contributed by atoms with Gasteiger partial charge in [-0.25, -0.2) is 4.98 Å². The predicted octanol–water partition coefficient (Wildman–Crippen LogP) is 2.16. The fourth-order valence-electron chi connectivity index (χ4n) is 2.42. The van der Waals surface area contributed by atoms with Crippen molar-refractivity contribution < 1.29 is 22.7 Å². The normalized spacial score (nSPS) is 19.4. The number of nitrogens with two attached hydrogens (primary N) is 1. The van der Waals surface area contributed by atoms with Gasteiger partial charge in [0.15, 0.2) is 0 Å². The van der Waals surface area contributed by atoms with Gasteiger partial charge in [0, 0.05) is 25.2 Å². The number of carbonyl (C=O) groups is 1. The first-order valence-electron chi connectivity index (χ1n) is 7.54. The van der Waals surface area contributed by atoms with E-state index < -0.39 is 17.8 Å². The summed E-state index contributed by atoms with van der Waals surface area (Å²) in [5, 5.41) is 0. The Morgan fingerprint density at radius 3 is 2.88 bits per heavy atom. The van der Waals surface area contributed by atoms with Crippen molar-refractivity contribution in [3.8, 4) is 5.88 Å². The number of carbonyl (C=O) groups excluding carboxylic acids is 1. The maximum atomic E-state index is 12.5. The van der Waals surface area contributed by atoms with Crippen molar-refractivity contribution in [1.82, 2.24) is 9.88 Å². The molecule has 9 heteroatoms. The number of aromatic nitrogens is 1. The molecule has 2 N–H and O–H groups in total. The van der Waals surface area contributed by atoms with Crippen LogP contribution >= 0.6 is 11.8 Å². The summed E-state index contributed by atoms with van der Waals surface area (Å²) in [6.07, 6.45) is -0.799. The largest absolute Gasteiger partial charge is 0.472 e. The molecule has 0 unspecified atom stereocenters. The minimum absolute atomic E-state index is 0.115. The van der Waals surface area contributed by atoms with E-state index in [2.05, 4.69) is 4.98 Å². The van der Waals surface area contributed by atoms with Crippen molar-refractivity contribution in [2.45, 2.75) is 31.2 Å². The summed E-state index contributed by atoms with van der Waals surface area (Å²) in [6.45, 7) is 0.894. The molecule has 2 heterocycles. The van der Waals surface area contributed by atoms with E-state index in [1.807, 2.05) is 6.26 Å². The van der Waals surface area contributed by atoms with Gasteiger partial charge in [0.2, 0.25) is 11.8 Å². The third kappa shape index (κ3) is 5.01. The van der Waals surface area contributed by atoms with Crippen molar-refractivity contribution in [1.29, 1.82) is 0 Å². The van der Waals surface area contributed by atoms with E-state index in [1.165, 1.54) is 6.07 Å². The van der Waals surface area contributed by atoms with Gasteiger partial charge in [0.1, 0.15) is 6.10 Å². The molecule has 1 aliphatic heterocycles. The molecule has 1 aliphatic rings. The number of likely N-dealkylation sites (tertiary alicyclic amines) is 1. The molecule has 2 atom stereocenters. The zero-order valence-corrected chi connectivity index (χ0v) is 14.1. The molecule has 0 aliphatic carbocycles. The summed E-state index contributed by atoms with van der Waals surface area (Å²) in [7, 11) is 0. The fraction of sp³-hybridized carbons (Fsp3) is 0.600. The van der Waals surface area contributed by atoms with Gasteiger partial charge in [-0.05, 0) is 24.5 Å². The Morgan fingerprint density at radius 1 is 1.54 bits per heavy atom. The summed E-state index contributed by atoms with van der Waals surface area (Å²) in [5.41, 5.74) is 5.05. The number of halogens is 3. The van der Waals surface area contributed by atoms with Crippen molar-refractivity contribution in [3.63, 3.8) is 0 Å². The van der Waals surface area contributed by atoms with Crippen LogP contribution < -0.4 is 10.5 Å². The Balaban J connectivity index is 1.86. The van der Waals surface area contributed by atoms with E-state index in [0.717, 1.165) is 18.0 Å². The topological polar surface area (TPSA) is 68.5 Å². The number of hydrogen-bond acceptors (Lipinski definition) is 5. The molecular formula is C15H20F3N3O2S. The van der Waals surface area contributed by atoms with E-state index in [9.17, 15) is 18.0 Å². The predicted molar refractivity (Wildman–Crippen MR) is 85.8 cm³/mol. The molecule has 2 rings (SSSR count). The lowest BCUT2D eigenvalue weighted by atomic mass is 10.2. The average Bonchev–Trinajstić information content (AvgIpc) is 3.00. The second-order valence-corrected chi connectivity index (χ2v) is 6.57. The third-order valence-corrected chi connectivity index (χ3v) is 4.40. The Labute approximate surface area is 142 Å². The summed E-state index contributed by atoms with van der Waals surface area (Å²) in [6, 6.07) is 1.59. The minimum atomic E-state index is -4.42. The second-order valence-electron chi connectivity index (χ2n) is 5.58. The molecule has 0 radical (unpaired) electrons.